The molecule has 0 aromatic carbocycles. The van der Waals surface area contributed by atoms with Crippen LogP contribution in [0.15, 0.2) is 0 Å². The molecule has 1 fully saturated rings. The molecule has 1 aliphatic rings. The van der Waals surface area contributed by atoms with E-state index in [0.29, 0.717) is 6.42 Å². The molecular weight excluding hydrogens is 430 g/mol. The van der Waals surface area contributed by atoms with Gasteiger partial charge < -0.3 is 14.8 Å². The monoisotopic (exact) mass is 481 g/mol. The summed E-state index contributed by atoms with van der Waals surface area (Å²) in [7, 11) is 0. The van der Waals surface area contributed by atoms with E-state index in [4.69, 9.17) is 9.47 Å². The molecule has 0 spiro atoms. The molecule has 1 N–H and O–H groups in total. The van der Waals surface area contributed by atoms with E-state index in [0.717, 1.165) is 38.5 Å². The van der Waals surface area contributed by atoms with E-state index in [1.54, 1.807) is 0 Å². The average Bonchev–Trinajstić information content (AvgIpc) is 2.76. The van der Waals surface area contributed by atoms with Crippen LogP contribution in [0, 0.1) is 5.92 Å². The third kappa shape index (κ3) is 14.0. The molecule has 1 amide bonds. The summed E-state index contributed by atoms with van der Waals surface area (Å²) < 4.78 is 11.2. The van der Waals surface area contributed by atoms with Crippen molar-refractivity contribution >= 4 is 17.8 Å². The minimum absolute atomic E-state index is 0.0130. The van der Waals surface area contributed by atoms with Gasteiger partial charge in [-0.25, -0.2) is 0 Å². The van der Waals surface area contributed by atoms with Crippen LogP contribution in [0.5, 0.6) is 0 Å². The molecule has 198 valence electrons. The second-order valence-electron chi connectivity index (χ2n) is 10.3. The Labute approximate surface area is 208 Å². The molecule has 6 nitrogen and oxygen atoms in total. The third-order valence-corrected chi connectivity index (χ3v) is 6.57. The average molecular weight is 482 g/mol. The van der Waals surface area contributed by atoms with Crippen LogP contribution >= 0.6 is 0 Å². The van der Waals surface area contributed by atoms with Crippen molar-refractivity contribution in [3.05, 3.63) is 0 Å². The highest BCUT2D eigenvalue weighted by atomic mass is 16.6. The van der Waals surface area contributed by atoms with Gasteiger partial charge in [0, 0.05) is 12.5 Å². The van der Waals surface area contributed by atoms with Gasteiger partial charge in [0.05, 0.1) is 5.92 Å². The van der Waals surface area contributed by atoms with E-state index in [1.807, 2.05) is 13.8 Å². The number of unbranched alkanes of at least 4 members (excludes halogenated alkanes) is 11. The van der Waals surface area contributed by atoms with Crippen LogP contribution in [-0.4, -0.2) is 36.1 Å². The third-order valence-electron chi connectivity index (χ3n) is 6.57. The first-order valence-corrected chi connectivity index (χ1v) is 14.1. The minimum atomic E-state index is -0.496. The van der Waals surface area contributed by atoms with Crippen LogP contribution in [0.4, 0.5) is 0 Å². The molecular formula is C28H51NO5. The van der Waals surface area contributed by atoms with Crippen LogP contribution in [-0.2, 0) is 23.9 Å². The molecule has 3 atom stereocenters. The van der Waals surface area contributed by atoms with Gasteiger partial charge in [-0.05, 0) is 33.1 Å². The largest absolute Gasteiger partial charge is 0.462 e. The Bertz CT molecular complexity index is 577. The number of nitrogens with one attached hydrogen (secondary N) is 1. The van der Waals surface area contributed by atoms with Gasteiger partial charge in [-0.3, -0.25) is 14.4 Å². The first-order chi connectivity index (χ1) is 16.4. The highest BCUT2D eigenvalue weighted by Gasteiger charge is 2.43. The van der Waals surface area contributed by atoms with Crippen LogP contribution < -0.4 is 5.32 Å². The number of carbonyl (C=O) groups is 3. The molecule has 1 saturated heterocycles. The standard InChI is InChI=1S/C28H51NO5/c1-5-7-9-11-12-13-14-15-16-18-23(33-27(31)21-26(30)29-22(3)4)20-25-24(28(32)34-25)19-17-10-8-6-2/h22-25H,5-21H2,1-4H3,(H,29,30)/t23-,24-,25-/m0/s1. The zero-order chi connectivity index (χ0) is 25.2. The highest BCUT2D eigenvalue weighted by Crippen LogP contribution is 2.32. The lowest BCUT2D eigenvalue weighted by Gasteiger charge is -2.37. The number of ether oxygens (including phenoxy) is 2. The van der Waals surface area contributed by atoms with Crippen molar-refractivity contribution in [2.45, 2.75) is 155 Å². The summed E-state index contributed by atoms with van der Waals surface area (Å²) in [6, 6.07) is -0.0130. The maximum absolute atomic E-state index is 12.4. The molecule has 0 saturated carbocycles. The van der Waals surface area contributed by atoms with Crippen molar-refractivity contribution in [3.63, 3.8) is 0 Å². The van der Waals surface area contributed by atoms with E-state index in [9.17, 15) is 14.4 Å². The number of amides is 1. The maximum Gasteiger partial charge on any atom is 0.315 e. The van der Waals surface area contributed by atoms with Crippen LogP contribution in [0.1, 0.15) is 137 Å². The number of hydrogen-bond donors (Lipinski definition) is 1. The Hall–Kier alpha value is -1.59. The second kappa shape index (κ2) is 18.7. The lowest BCUT2D eigenvalue weighted by atomic mass is 9.86. The fourth-order valence-corrected chi connectivity index (χ4v) is 4.60. The van der Waals surface area contributed by atoms with Gasteiger partial charge in [-0.1, -0.05) is 90.9 Å². The molecule has 1 heterocycles. The number of carbonyl (C=O) groups excluding carboxylic acids is 3. The van der Waals surface area contributed by atoms with Crippen molar-refractivity contribution < 1.29 is 23.9 Å². The maximum atomic E-state index is 12.4. The van der Waals surface area contributed by atoms with E-state index >= 15 is 0 Å². The van der Waals surface area contributed by atoms with Crippen molar-refractivity contribution in [3.8, 4) is 0 Å². The van der Waals surface area contributed by atoms with Gasteiger partial charge in [0.1, 0.15) is 18.6 Å². The highest BCUT2D eigenvalue weighted by molar-refractivity contribution is 5.94. The number of cyclic esters (lactones) is 1. The normalized spacial score (nSPS) is 18.3. The summed E-state index contributed by atoms with van der Waals surface area (Å²) in [5.74, 6) is -1.01. The van der Waals surface area contributed by atoms with Gasteiger partial charge >= 0.3 is 11.9 Å². The predicted octanol–water partition coefficient (Wildman–Crippen LogP) is 6.64. The van der Waals surface area contributed by atoms with Crippen molar-refractivity contribution in [2.24, 2.45) is 5.92 Å². The Morgan fingerprint density at radius 3 is 2.00 bits per heavy atom. The summed E-state index contributed by atoms with van der Waals surface area (Å²) >= 11 is 0. The second-order valence-corrected chi connectivity index (χ2v) is 10.3. The van der Waals surface area contributed by atoms with Gasteiger partial charge in [0.15, 0.2) is 0 Å². The Balaban J connectivity index is 2.47. The summed E-state index contributed by atoms with van der Waals surface area (Å²) in [6.07, 6.45) is 17.0. The summed E-state index contributed by atoms with van der Waals surface area (Å²) in [6.45, 7) is 8.13. The lowest BCUT2D eigenvalue weighted by molar-refractivity contribution is -0.190. The Morgan fingerprint density at radius 2 is 1.44 bits per heavy atom. The topological polar surface area (TPSA) is 81.7 Å². The van der Waals surface area contributed by atoms with Crippen molar-refractivity contribution in [2.75, 3.05) is 0 Å². The zero-order valence-electron chi connectivity index (χ0n) is 22.4. The van der Waals surface area contributed by atoms with Crippen molar-refractivity contribution in [1.82, 2.24) is 5.32 Å². The lowest BCUT2D eigenvalue weighted by Crippen LogP contribution is -2.47. The van der Waals surface area contributed by atoms with Crippen LogP contribution in [0.25, 0.3) is 0 Å². The Kier molecular flexibility index (Phi) is 16.7. The van der Waals surface area contributed by atoms with E-state index in [2.05, 4.69) is 19.2 Å². The quantitative estimate of drug-likeness (QED) is 0.113. The molecule has 0 aromatic heterocycles. The molecule has 0 aliphatic carbocycles. The minimum Gasteiger partial charge on any atom is -0.462 e. The van der Waals surface area contributed by atoms with Gasteiger partial charge in [-0.15, -0.1) is 0 Å². The molecule has 1 aliphatic heterocycles. The molecule has 1 rings (SSSR count). The molecule has 6 heteroatoms. The van der Waals surface area contributed by atoms with Gasteiger partial charge in [0.2, 0.25) is 5.91 Å². The van der Waals surface area contributed by atoms with Crippen molar-refractivity contribution in [1.29, 1.82) is 0 Å². The zero-order valence-corrected chi connectivity index (χ0v) is 22.4. The van der Waals surface area contributed by atoms with Gasteiger partial charge in [-0.2, -0.15) is 0 Å². The smallest absolute Gasteiger partial charge is 0.315 e. The molecule has 34 heavy (non-hydrogen) atoms. The number of rotatable bonds is 21. The van der Waals surface area contributed by atoms with Crippen LogP contribution in [0.2, 0.25) is 0 Å². The molecule has 0 aromatic rings. The number of esters is 2. The molecule has 0 radical (unpaired) electrons. The van der Waals surface area contributed by atoms with E-state index < -0.39 is 5.97 Å². The van der Waals surface area contributed by atoms with E-state index in [-0.39, 0.29) is 42.5 Å². The fraction of sp³-hybridized carbons (Fsp3) is 0.893. The Morgan fingerprint density at radius 1 is 0.882 bits per heavy atom. The first-order valence-electron chi connectivity index (χ1n) is 14.1. The van der Waals surface area contributed by atoms with E-state index in [1.165, 1.54) is 57.8 Å². The predicted molar refractivity (Wildman–Crippen MR) is 136 cm³/mol. The molecule has 0 unspecified atom stereocenters. The summed E-state index contributed by atoms with van der Waals surface area (Å²) in [4.78, 5) is 36.3. The fourth-order valence-electron chi connectivity index (χ4n) is 4.60. The first kappa shape index (κ1) is 30.4. The summed E-state index contributed by atoms with van der Waals surface area (Å²) in [5, 5.41) is 2.73. The van der Waals surface area contributed by atoms with Crippen LogP contribution in [0.3, 0.4) is 0 Å². The van der Waals surface area contributed by atoms with Gasteiger partial charge in [0.25, 0.3) is 0 Å². The molecule has 0 bridgehead atoms. The summed E-state index contributed by atoms with van der Waals surface area (Å²) in [5.41, 5.74) is 0. The SMILES string of the molecule is CCCCCCCCCCC[C@@H](C[C@@H]1OC(=O)[C@H]1CCCCCC)OC(=O)CC(=O)NC(C)C. The number of hydrogen-bond acceptors (Lipinski definition) is 5.